The molecule has 3 nitrogen and oxygen atoms in total. The van der Waals surface area contributed by atoms with E-state index in [-0.39, 0.29) is 11.7 Å². The van der Waals surface area contributed by atoms with Gasteiger partial charge in [-0.1, -0.05) is 6.42 Å². The third-order valence-electron chi connectivity index (χ3n) is 2.92. The number of alkyl halides is 1. The zero-order valence-electron chi connectivity index (χ0n) is 10.9. The highest BCUT2D eigenvalue weighted by molar-refractivity contribution is 6.17. The molecule has 1 N–H and O–H groups in total. The van der Waals surface area contributed by atoms with Crippen molar-refractivity contribution in [2.24, 2.45) is 0 Å². The summed E-state index contributed by atoms with van der Waals surface area (Å²) in [5.41, 5.74) is 1.33. The van der Waals surface area contributed by atoms with E-state index in [1.165, 1.54) is 0 Å². The van der Waals surface area contributed by atoms with Crippen LogP contribution in [0.5, 0.6) is 5.75 Å². The van der Waals surface area contributed by atoms with E-state index < -0.39 is 0 Å². The molecule has 0 saturated heterocycles. The molecular weight excluding hydrogens is 250 g/mol. The summed E-state index contributed by atoms with van der Waals surface area (Å²) in [4.78, 5) is 13.8. The number of aromatic hydroxyl groups is 1. The van der Waals surface area contributed by atoms with Gasteiger partial charge in [-0.2, -0.15) is 0 Å². The second kappa shape index (κ2) is 7.27. The first kappa shape index (κ1) is 14.8. The van der Waals surface area contributed by atoms with E-state index in [0.29, 0.717) is 11.4 Å². The van der Waals surface area contributed by atoms with Crippen LogP contribution in [0.4, 0.5) is 0 Å². The Morgan fingerprint density at radius 2 is 2.06 bits per heavy atom. The fourth-order valence-corrected chi connectivity index (χ4v) is 1.92. The van der Waals surface area contributed by atoms with Crippen LogP contribution in [0.15, 0.2) is 18.2 Å². The average molecular weight is 270 g/mol. The van der Waals surface area contributed by atoms with Crippen molar-refractivity contribution < 1.29 is 9.90 Å². The zero-order valence-corrected chi connectivity index (χ0v) is 11.7. The molecule has 4 heteroatoms. The fraction of sp³-hybridized carbons (Fsp3) is 0.500. The highest BCUT2D eigenvalue weighted by atomic mass is 35.5. The van der Waals surface area contributed by atoms with Gasteiger partial charge in [0.1, 0.15) is 5.75 Å². The van der Waals surface area contributed by atoms with Gasteiger partial charge in [0.2, 0.25) is 0 Å². The number of unbranched alkanes of at least 4 members (excludes halogenated alkanes) is 2. The number of nitrogens with zero attached hydrogens (tertiary/aromatic N) is 1. The largest absolute Gasteiger partial charge is 0.508 e. The number of benzene rings is 1. The maximum absolute atomic E-state index is 12.1. The summed E-state index contributed by atoms with van der Waals surface area (Å²) in [6.07, 6.45) is 2.99. The van der Waals surface area contributed by atoms with Gasteiger partial charge in [-0.25, -0.2) is 0 Å². The molecule has 0 saturated carbocycles. The Morgan fingerprint density at radius 1 is 1.33 bits per heavy atom. The van der Waals surface area contributed by atoms with Gasteiger partial charge >= 0.3 is 0 Å². The molecule has 100 valence electrons. The van der Waals surface area contributed by atoms with E-state index in [2.05, 4.69) is 0 Å². The lowest BCUT2D eigenvalue weighted by Crippen LogP contribution is -2.27. The van der Waals surface area contributed by atoms with Crippen LogP contribution in [-0.4, -0.2) is 35.4 Å². The summed E-state index contributed by atoms with van der Waals surface area (Å²) < 4.78 is 0. The Morgan fingerprint density at radius 3 is 2.67 bits per heavy atom. The Kier molecular flexibility index (Phi) is 5.99. The maximum Gasteiger partial charge on any atom is 0.253 e. The predicted octanol–water partition coefficient (Wildman–Crippen LogP) is 3.18. The molecule has 0 aliphatic carbocycles. The van der Waals surface area contributed by atoms with Crippen molar-refractivity contribution in [1.29, 1.82) is 0 Å². The molecular formula is C14H20ClNO2. The third-order valence-corrected chi connectivity index (χ3v) is 3.18. The lowest BCUT2D eigenvalue weighted by molar-refractivity contribution is 0.0792. The second-order valence-corrected chi connectivity index (χ2v) is 4.86. The standard InChI is InChI=1S/C14H20ClNO2/c1-11-10-12(6-7-13(11)17)14(18)16(2)9-5-3-4-8-15/h6-7,10,17H,3-5,8-9H2,1-2H3. The average Bonchev–Trinajstić information content (AvgIpc) is 2.37. The fourth-order valence-electron chi connectivity index (χ4n) is 1.73. The summed E-state index contributed by atoms with van der Waals surface area (Å²) in [7, 11) is 1.80. The monoisotopic (exact) mass is 269 g/mol. The Labute approximate surface area is 113 Å². The molecule has 0 bridgehead atoms. The summed E-state index contributed by atoms with van der Waals surface area (Å²) in [5.74, 6) is 0.884. The minimum atomic E-state index is -0.0102. The summed E-state index contributed by atoms with van der Waals surface area (Å²) >= 11 is 5.60. The molecule has 0 fully saturated rings. The minimum absolute atomic E-state index is 0.0102. The van der Waals surface area contributed by atoms with Crippen molar-refractivity contribution in [2.45, 2.75) is 26.2 Å². The summed E-state index contributed by atoms with van der Waals surface area (Å²) in [6.45, 7) is 2.52. The Hall–Kier alpha value is -1.22. The first-order valence-corrected chi connectivity index (χ1v) is 6.70. The van der Waals surface area contributed by atoms with E-state index in [1.807, 2.05) is 0 Å². The molecule has 0 atom stereocenters. The normalized spacial score (nSPS) is 10.4. The van der Waals surface area contributed by atoms with Gasteiger partial charge in [0, 0.05) is 25.0 Å². The minimum Gasteiger partial charge on any atom is -0.508 e. The van der Waals surface area contributed by atoms with Crippen LogP contribution in [0.2, 0.25) is 0 Å². The molecule has 0 unspecified atom stereocenters. The van der Waals surface area contributed by atoms with Crippen LogP contribution in [-0.2, 0) is 0 Å². The second-order valence-electron chi connectivity index (χ2n) is 4.48. The molecule has 1 aromatic carbocycles. The highest BCUT2D eigenvalue weighted by Crippen LogP contribution is 2.18. The van der Waals surface area contributed by atoms with E-state index >= 15 is 0 Å². The zero-order chi connectivity index (χ0) is 13.5. The summed E-state index contributed by atoms with van der Waals surface area (Å²) in [6, 6.07) is 4.93. The van der Waals surface area contributed by atoms with Crippen LogP contribution in [0.25, 0.3) is 0 Å². The first-order valence-electron chi connectivity index (χ1n) is 6.17. The number of aryl methyl sites for hydroxylation is 1. The third kappa shape index (κ3) is 4.22. The molecule has 1 rings (SSSR count). The Balaban J connectivity index is 2.54. The predicted molar refractivity (Wildman–Crippen MR) is 74.4 cm³/mol. The molecule has 1 amide bonds. The SMILES string of the molecule is Cc1cc(C(=O)N(C)CCCCCCl)ccc1O. The molecule has 0 spiro atoms. The molecule has 1 aromatic rings. The number of phenols is 1. The number of hydrogen-bond acceptors (Lipinski definition) is 2. The quantitative estimate of drug-likeness (QED) is 0.636. The van der Waals surface area contributed by atoms with Gasteiger partial charge in [0.15, 0.2) is 0 Å². The number of carbonyl (C=O) groups is 1. The van der Waals surface area contributed by atoms with Crippen LogP contribution in [0, 0.1) is 6.92 Å². The van der Waals surface area contributed by atoms with Gasteiger partial charge < -0.3 is 10.0 Å². The number of halogens is 1. The van der Waals surface area contributed by atoms with Crippen molar-refractivity contribution in [3.63, 3.8) is 0 Å². The number of amides is 1. The van der Waals surface area contributed by atoms with Gasteiger partial charge in [0.05, 0.1) is 0 Å². The number of rotatable bonds is 6. The van der Waals surface area contributed by atoms with Gasteiger partial charge in [0.25, 0.3) is 5.91 Å². The van der Waals surface area contributed by atoms with Crippen molar-refractivity contribution in [2.75, 3.05) is 19.5 Å². The number of hydrogen-bond donors (Lipinski definition) is 1. The van der Waals surface area contributed by atoms with Gasteiger partial charge in [-0.05, 0) is 43.5 Å². The lowest BCUT2D eigenvalue weighted by Gasteiger charge is -2.17. The molecule has 0 heterocycles. The Bertz CT molecular complexity index is 407. The maximum atomic E-state index is 12.1. The molecule has 18 heavy (non-hydrogen) atoms. The molecule has 0 aliphatic heterocycles. The van der Waals surface area contributed by atoms with E-state index in [0.717, 1.165) is 31.4 Å². The van der Waals surface area contributed by atoms with Crippen molar-refractivity contribution in [1.82, 2.24) is 4.90 Å². The van der Waals surface area contributed by atoms with E-state index in [9.17, 15) is 9.90 Å². The lowest BCUT2D eigenvalue weighted by atomic mass is 10.1. The van der Waals surface area contributed by atoms with Crippen molar-refractivity contribution >= 4 is 17.5 Å². The topological polar surface area (TPSA) is 40.5 Å². The van der Waals surface area contributed by atoms with Crippen LogP contribution >= 0.6 is 11.6 Å². The first-order chi connectivity index (χ1) is 8.56. The van der Waals surface area contributed by atoms with E-state index in [1.54, 1.807) is 37.1 Å². The number of carbonyl (C=O) groups excluding carboxylic acids is 1. The smallest absolute Gasteiger partial charge is 0.253 e. The van der Waals surface area contributed by atoms with Crippen LogP contribution in [0.1, 0.15) is 35.2 Å². The van der Waals surface area contributed by atoms with Crippen LogP contribution in [0.3, 0.4) is 0 Å². The molecule has 0 aliphatic rings. The van der Waals surface area contributed by atoms with Crippen LogP contribution < -0.4 is 0 Å². The van der Waals surface area contributed by atoms with Crippen molar-refractivity contribution in [3.8, 4) is 5.75 Å². The molecule has 0 aromatic heterocycles. The van der Waals surface area contributed by atoms with Crippen molar-refractivity contribution in [3.05, 3.63) is 29.3 Å². The van der Waals surface area contributed by atoms with E-state index in [4.69, 9.17) is 11.6 Å². The van der Waals surface area contributed by atoms with Gasteiger partial charge in [-0.3, -0.25) is 4.79 Å². The highest BCUT2D eigenvalue weighted by Gasteiger charge is 2.12. The van der Waals surface area contributed by atoms with Gasteiger partial charge in [-0.15, -0.1) is 11.6 Å². The number of phenolic OH excluding ortho intramolecular Hbond substituents is 1. The molecule has 0 radical (unpaired) electrons. The summed E-state index contributed by atoms with van der Waals surface area (Å²) in [5, 5.41) is 9.43.